The van der Waals surface area contributed by atoms with E-state index in [1.807, 2.05) is 36.1 Å². The van der Waals surface area contributed by atoms with Crippen molar-refractivity contribution < 1.29 is 14.6 Å². The van der Waals surface area contributed by atoms with Crippen LogP contribution >= 0.6 is 0 Å². The van der Waals surface area contributed by atoms with Crippen LogP contribution in [0.3, 0.4) is 0 Å². The first-order chi connectivity index (χ1) is 9.63. The van der Waals surface area contributed by atoms with Gasteiger partial charge in [-0.1, -0.05) is 26.0 Å². The standard InChI is InChI=1S/C16H25NO3/c1-4-10-17(11-5-2)15(16(18)19)13-8-7-9-14(12-13)20-6-3/h7-9,12,15H,4-6,10-11H2,1-3H3,(H,18,19). The van der Waals surface area contributed by atoms with E-state index in [2.05, 4.69) is 13.8 Å². The summed E-state index contributed by atoms with van der Waals surface area (Å²) in [5.74, 6) is -0.0789. The second kappa shape index (κ2) is 8.59. The van der Waals surface area contributed by atoms with Gasteiger partial charge in [-0.2, -0.15) is 0 Å². The van der Waals surface area contributed by atoms with E-state index >= 15 is 0 Å². The van der Waals surface area contributed by atoms with Crippen LogP contribution in [0.25, 0.3) is 0 Å². The molecule has 0 bridgehead atoms. The van der Waals surface area contributed by atoms with Gasteiger partial charge >= 0.3 is 5.97 Å². The lowest BCUT2D eigenvalue weighted by atomic mass is 10.0. The average molecular weight is 279 g/mol. The zero-order chi connectivity index (χ0) is 15.0. The molecule has 0 aromatic heterocycles. The van der Waals surface area contributed by atoms with E-state index in [1.54, 1.807) is 0 Å². The molecule has 4 heteroatoms. The fourth-order valence-corrected chi connectivity index (χ4v) is 2.40. The van der Waals surface area contributed by atoms with Gasteiger partial charge in [0.15, 0.2) is 0 Å². The number of rotatable bonds is 9. The summed E-state index contributed by atoms with van der Waals surface area (Å²) in [6.45, 7) is 8.19. The molecule has 0 aliphatic heterocycles. The molecule has 112 valence electrons. The molecule has 0 amide bonds. The van der Waals surface area contributed by atoms with Crippen LogP contribution in [-0.4, -0.2) is 35.7 Å². The van der Waals surface area contributed by atoms with E-state index in [0.717, 1.165) is 37.2 Å². The number of hydrogen-bond donors (Lipinski definition) is 1. The number of nitrogens with zero attached hydrogens (tertiary/aromatic N) is 1. The molecule has 20 heavy (non-hydrogen) atoms. The lowest BCUT2D eigenvalue weighted by molar-refractivity contribution is -0.143. The molecule has 0 spiro atoms. The predicted molar refractivity (Wildman–Crippen MR) is 80.1 cm³/mol. The number of ether oxygens (including phenoxy) is 1. The van der Waals surface area contributed by atoms with E-state index in [-0.39, 0.29) is 0 Å². The molecule has 1 aromatic carbocycles. The molecule has 4 nitrogen and oxygen atoms in total. The van der Waals surface area contributed by atoms with E-state index in [4.69, 9.17) is 4.74 Å². The molecule has 1 rings (SSSR count). The van der Waals surface area contributed by atoms with Crippen molar-refractivity contribution in [2.75, 3.05) is 19.7 Å². The number of carboxylic acids is 1. The van der Waals surface area contributed by atoms with Gasteiger partial charge in [0.1, 0.15) is 11.8 Å². The van der Waals surface area contributed by atoms with Crippen molar-refractivity contribution in [2.45, 2.75) is 39.7 Å². The molecule has 0 radical (unpaired) electrons. The van der Waals surface area contributed by atoms with Crippen molar-refractivity contribution in [3.8, 4) is 5.75 Å². The number of benzene rings is 1. The smallest absolute Gasteiger partial charge is 0.325 e. The van der Waals surface area contributed by atoms with Gasteiger partial charge in [0.25, 0.3) is 0 Å². The largest absolute Gasteiger partial charge is 0.494 e. The minimum absolute atomic E-state index is 0.578. The SMILES string of the molecule is CCCN(CCC)C(C(=O)O)c1cccc(OCC)c1. The molecule has 0 heterocycles. The van der Waals surface area contributed by atoms with Gasteiger partial charge < -0.3 is 9.84 Å². The molecule has 1 aromatic rings. The summed E-state index contributed by atoms with van der Waals surface area (Å²) in [5.41, 5.74) is 0.783. The van der Waals surface area contributed by atoms with E-state index in [1.165, 1.54) is 0 Å². The van der Waals surface area contributed by atoms with E-state index in [9.17, 15) is 9.90 Å². The van der Waals surface area contributed by atoms with Crippen LogP contribution in [0.15, 0.2) is 24.3 Å². The summed E-state index contributed by atoms with van der Waals surface area (Å²) >= 11 is 0. The van der Waals surface area contributed by atoms with Gasteiger partial charge in [-0.3, -0.25) is 9.69 Å². The highest BCUT2D eigenvalue weighted by molar-refractivity contribution is 5.75. The third kappa shape index (κ3) is 4.53. The van der Waals surface area contributed by atoms with Crippen molar-refractivity contribution in [1.82, 2.24) is 4.90 Å². The predicted octanol–water partition coefficient (Wildman–Crippen LogP) is 3.33. The van der Waals surface area contributed by atoms with Crippen LogP contribution in [-0.2, 0) is 4.79 Å². The Hall–Kier alpha value is -1.55. The summed E-state index contributed by atoms with van der Waals surface area (Å²) < 4.78 is 5.46. The van der Waals surface area contributed by atoms with Gasteiger partial charge in [-0.05, 0) is 50.6 Å². The Kier molecular flexibility index (Phi) is 7.09. The van der Waals surface area contributed by atoms with E-state index < -0.39 is 12.0 Å². The average Bonchev–Trinajstić information content (AvgIpc) is 2.40. The maximum Gasteiger partial charge on any atom is 0.325 e. The third-order valence-electron chi connectivity index (χ3n) is 3.11. The zero-order valence-electron chi connectivity index (χ0n) is 12.6. The normalized spacial score (nSPS) is 12.4. The maximum atomic E-state index is 11.7. The molecular formula is C16H25NO3. The third-order valence-corrected chi connectivity index (χ3v) is 3.11. The zero-order valence-corrected chi connectivity index (χ0v) is 12.6. The number of carboxylic acid groups (broad SMARTS) is 1. The molecule has 1 N–H and O–H groups in total. The van der Waals surface area contributed by atoms with Crippen LogP contribution in [0, 0.1) is 0 Å². The molecule has 0 aliphatic rings. The van der Waals surface area contributed by atoms with Crippen molar-refractivity contribution in [3.05, 3.63) is 29.8 Å². The van der Waals surface area contributed by atoms with Crippen LogP contribution in [0.1, 0.15) is 45.2 Å². The minimum atomic E-state index is -0.805. The Morgan fingerprint density at radius 2 is 1.90 bits per heavy atom. The number of aliphatic carboxylic acids is 1. The first kappa shape index (κ1) is 16.5. The number of carbonyl (C=O) groups is 1. The highest BCUT2D eigenvalue weighted by Crippen LogP contribution is 2.25. The molecule has 1 atom stereocenters. The fraction of sp³-hybridized carbons (Fsp3) is 0.562. The van der Waals surface area contributed by atoms with Crippen LogP contribution in [0.4, 0.5) is 0 Å². The highest BCUT2D eigenvalue weighted by atomic mass is 16.5. The highest BCUT2D eigenvalue weighted by Gasteiger charge is 2.26. The summed E-state index contributed by atoms with van der Waals surface area (Å²) in [6.07, 6.45) is 1.88. The Morgan fingerprint density at radius 1 is 1.25 bits per heavy atom. The first-order valence-electron chi connectivity index (χ1n) is 7.33. The van der Waals surface area contributed by atoms with Gasteiger partial charge in [0, 0.05) is 0 Å². The van der Waals surface area contributed by atoms with Gasteiger partial charge in [-0.25, -0.2) is 0 Å². The van der Waals surface area contributed by atoms with E-state index in [0.29, 0.717) is 6.61 Å². The summed E-state index contributed by atoms with van der Waals surface area (Å²) in [7, 11) is 0. The molecule has 0 aliphatic carbocycles. The van der Waals surface area contributed by atoms with Gasteiger partial charge in [0.2, 0.25) is 0 Å². The molecule has 0 fully saturated rings. The first-order valence-corrected chi connectivity index (χ1v) is 7.33. The van der Waals surface area contributed by atoms with Gasteiger partial charge in [0.05, 0.1) is 6.61 Å². The van der Waals surface area contributed by atoms with Crippen LogP contribution in [0.2, 0.25) is 0 Å². The number of hydrogen-bond acceptors (Lipinski definition) is 3. The topological polar surface area (TPSA) is 49.8 Å². The van der Waals surface area contributed by atoms with Crippen LogP contribution in [0.5, 0.6) is 5.75 Å². The molecule has 0 saturated heterocycles. The molecular weight excluding hydrogens is 254 g/mol. The Morgan fingerprint density at radius 3 is 2.40 bits per heavy atom. The summed E-state index contributed by atoms with van der Waals surface area (Å²) in [4.78, 5) is 13.7. The van der Waals surface area contributed by atoms with Crippen molar-refractivity contribution in [3.63, 3.8) is 0 Å². The Balaban J connectivity index is 3.04. The van der Waals surface area contributed by atoms with Crippen LogP contribution < -0.4 is 4.74 Å². The lowest BCUT2D eigenvalue weighted by Gasteiger charge is -2.28. The quantitative estimate of drug-likeness (QED) is 0.753. The van der Waals surface area contributed by atoms with Crippen molar-refractivity contribution in [2.24, 2.45) is 0 Å². The Bertz CT molecular complexity index is 414. The fourth-order valence-electron chi connectivity index (χ4n) is 2.40. The lowest BCUT2D eigenvalue weighted by Crippen LogP contribution is -2.35. The Labute approximate surface area is 121 Å². The van der Waals surface area contributed by atoms with Crippen molar-refractivity contribution in [1.29, 1.82) is 0 Å². The maximum absolute atomic E-state index is 11.7. The van der Waals surface area contributed by atoms with Gasteiger partial charge in [-0.15, -0.1) is 0 Å². The molecule has 0 saturated carbocycles. The second-order valence-electron chi connectivity index (χ2n) is 4.78. The monoisotopic (exact) mass is 279 g/mol. The minimum Gasteiger partial charge on any atom is -0.494 e. The summed E-state index contributed by atoms with van der Waals surface area (Å²) in [5, 5.41) is 9.59. The summed E-state index contributed by atoms with van der Waals surface area (Å²) in [6, 6.07) is 6.80. The van der Waals surface area contributed by atoms with Crippen molar-refractivity contribution >= 4 is 5.97 Å². The second-order valence-corrected chi connectivity index (χ2v) is 4.78. The molecule has 1 unspecified atom stereocenters.